The number of hydrogen-bond donors (Lipinski definition) is 0. The number of halogens is 3. The maximum Gasteiger partial charge on any atom is 0.416 e. The third-order valence-corrected chi connectivity index (χ3v) is 5.61. The predicted molar refractivity (Wildman–Crippen MR) is 113 cm³/mol. The first-order chi connectivity index (χ1) is 15.6. The number of likely N-dealkylation sites (tertiary alicyclic amines) is 1. The van der Waals surface area contributed by atoms with Crippen molar-refractivity contribution >= 4 is 17.7 Å². The minimum atomic E-state index is -4.47. The monoisotopic (exact) mass is 463 g/mol. The molecule has 6 nitrogen and oxygen atoms in total. The molecule has 3 rings (SSSR count). The second-order valence-corrected chi connectivity index (χ2v) is 7.81. The zero-order valence-electron chi connectivity index (χ0n) is 18.2. The van der Waals surface area contributed by atoms with Crippen LogP contribution < -0.4 is 4.74 Å². The Labute approximate surface area is 189 Å². The highest BCUT2D eigenvalue weighted by Crippen LogP contribution is 2.29. The van der Waals surface area contributed by atoms with Gasteiger partial charge < -0.3 is 14.4 Å². The maximum atomic E-state index is 12.7. The van der Waals surface area contributed by atoms with Crippen molar-refractivity contribution in [3.05, 3.63) is 65.2 Å². The molecule has 0 N–H and O–H groups in total. The van der Waals surface area contributed by atoms with Crippen LogP contribution >= 0.6 is 0 Å². The number of benzene rings is 2. The highest BCUT2D eigenvalue weighted by Gasteiger charge is 2.32. The lowest BCUT2D eigenvalue weighted by Crippen LogP contribution is -2.41. The number of carbonyl (C=O) groups is 3. The molecule has 0 aromatic heterocycles. The molecule has 1 unspecified atom stereocenters. The van der Waals surface area contributed by atoms with Crippen LogP contribution in [0.25, 0.3) is 0 Å². The van der Waals surface area contributed by atoms with E-state index in [0.717, 1.165) is 24.3 Å². The number of esters is 1. The van der Waals surface area contributed by atoms with Crippen LogP contribution in [0.15, 0.2) is 48.5 Å². The van der Waals surface area contributed by atoms with Gasteiger partial charge in [-0.2, -0.15) is 13.2 Å². The summed E-state index contributed by atoms with van der Waals surface area (Å²) in [5.41, 5.74) is -0.269. The van der Waals surface area contributed by atoms with Gasteiger partial charge in [0.1, 0.15) is 5.75 Å². The summed E-state index contributed by atoms with van der Waals surface area (Å²) in [6.07, 6.45) is -4.74. The van der Waals surface area contributed by atoms with Crippen molar-refractivity contribution in [1.82, 2.24) is 4.90 Å². The first-order valence-electron chi connectivity index (χ1n) is 10.5. The lowest BCUT2D eigenvalue weighted by atomic mass is 9.96. The van der Waals surface area contributed by atoms with Gasteiger partial charge in [0.2, 0.25) is 5.78 Å². The molecular formula is C24H24F3NO5. The van der Waals surface area contributed by atoms with E-state index in [4.69, 9.17) is 9.47 Å². The quantitative estimate of drug-likeness (QED) is 0.470. The van der Waals surface area contributed by atoms with Crippen LogP contribution in [0.3, 0.4) is 0 Å². The highest BCUT2D eigenvalue weighted by molar-refractivity contribution is 6.00. The molecule has 0 aliphatic carbocycles. The van der Waals surface area contributed by atoms with Crippen LogP contribution in [-0.4, -0.2) is 48.9 Å². The fraction of sp³-hybridized carbons (Fsp3) is 0.375. The van der Waals surface area contributed by atoms with Crippen molar-refractivity contribution in [3.8, 4) is 5.75 Å². The standard InChI is InChI=1S/C24H24F3NO5/c1-15(21(29)16-5-9-20(32-2)10-6-16)33-23(31)18-11-13-28(14-12-18)22(30)17-3-7-19(8-4-17)24(25,26)27/h3-10,15,18H,11-14H2,1-2H3. The Morgan fingerprint density at radius 2 is 1.48 bits per heavy atom. The minimum absolute atomic E-state index is 0.155. The van der Waals surface area contributed by atoms with E-state index < -0.39 is 35.6 Å². The normalized spacial score (nSPS) is 15.6. The van der Waals surface area contributed by atoms with Crippen molar-refractivity contribution in [3.63, 3.8) is 0 Å². The molecule has 1 amide bonds. The molecular weight excluding hydrogens is 439 g/mol. The van der Waals surface area contributed by atoms with E-state index in [-0.39, 0.29) is 24.4 Å². The van der Waals surface area contributed by atoms with E-state index in [9.17, 15) is 27.6 Å². The SMILES string of the molecule is COc1ccc(C(=O)C(C)OC(=O)C2CCN(C(=O)c3ccc(C(F)(F)F)cc3)CC2)cc1. The van der Waals surface area contributed by atoms with E-state index in [2.05, 4.69) is 0 Å². The Bertz CT molecular complexity index is 994. The molecule has 0 bridgehead atoms. The molecule has 2 aromatic rings. The Balaban J connectivity index is 1.51. The molecule has 1 atom stereocenters. The molecule has 1 aliphatic heterocycles. The van der Waals surface area contributed by atoms with Crippen LogP contribution in [0, 0.1) is 5.92 Å². The fourth-order valence-electron chi connectivity index (χ4n) is 3.62. The van der Waals surface area contributed by atoms with Gasteiger partial charge in [-0.15, -0.1) is 0 Å². The van der Waals surface area contributed by atoms with Gasteiger partial charge in [0.25, 0.3) is 5.91 Å². The Morgan fingerprint density at radius 1 is 0.939 bits per heavy atom. The second-order valence-electron chi connectivity index (χ2n) is 7.81. The van der Waals surface area contributed by atoms with E-state index in [1.165, 1.54) is 18.9 Å². The smallest absolute Gasteiger partial charge is 0.416 e. The van der Waals surface area contributed by atoms with Crippen LogP contribution in [-0.2, 0) is 15.7 Å². The third kappa shape index (κ3) is 5.91. The molecule has 0 radical (unpaired) electrons. The third-order valence-electron chi connectivity index (χ3n) is 5.61. The number of ketones is 1. The second kappa shape index (κ2) is 10.1. The number of nitrogens with zero attached hydrogens (tertiary/aromatic N) is 1. The van der Waals surface area contributed by atoms with Gasteiger partial charge in [-0.1, -0.05) is 0 Å². The Morgan fingerprint density at radius 3 is 2.00 bits per heavy atom. The molecule has 2 aromatic carbocycles. The van der Waals surface area contributed by atoms with Crippen molar-refractivity contribution in [2.75, 3.05) is 20.2 Å². The molecule has 0 spiro atoms. The first-order valence-corrected chi connectivity index (χ1v) is 10.5. The summed E-state index contributed by atoms with van der Waals surface area (Å²) in [7, 11) is 1.52. The molecule has 1 fully saturated rings. The van der Waals surface area contributed by atoms with Gasteiger partial charge in [-0.3, -0.25) is 14.4 Å². The van der Waals surface area contributed by atoms with Crippen molar-refractivity contribution in [2.24, 2.45) is 5.92 Å². The maximum absolute atomic E-state index is 12.7. The fourth-order valence-corrected chi connectivity index (χ4v) is 3.62. The van der Waals surface area contributed by atoms with Gasteiger partial charge in [-0.05, 0) is 68.3 Å². The summed E-state index contributed by atoms with van der Waals surface area (Å²) in [6, 6.07) is 10.5. The number of piperidine rings is 1. The van der Waals surface area contributed by atoms with E-state index in [1.807, 2.05) is 0 Å². The van der Waals surface area contributed by atoms with Gasteiger partial charge in [0.05, 0.1) is 18.6 Å². The number of Topliss-reactive ketones (excluding diaryl/α,β-unsaturated/α-hetero) is 1. The molecule has 9 heteroatoms. The number of methoxy groups -OCH3 is 1. The van der Waals surface area contributed by atoms with Gasteiger partial charge in [0.15, 0.2) is 6.10 Å². The largest absolute Gasteiger partial charge is 0.497 e. The van der Waals surface area contributed by atoms with Crippen LogP contribution in [0.5, 0.6) is 5.75 Å². The van der Waals surface area contributed by atoms with Gasteiger partial charge in [-0.25, -0.2) is 0 Å². The van der Waals surface area contributed by atoms with E-state index >= 15 is 0 Å². The highest BCUT2D eigenvalue weighted by atomic mass is 19.4. The summed E-state index contributed by atoms with van der Waals surface area (Å²) < 4.78 is 48.5. The average molecular weight is 463 g/mol. The molecule has 0 saturated carbocycles. The molecule has 1 aliphatic rings. The Hall–Kier alpha value is -3.36. The number of hydrogen-bond acceptors (Lipinski definition) is 5. The minimum Gasteiger partial charge on any atom is -0.497 e. The number of amides is 1. The van der Waals surface area contributed by atoms with Crippen LogP contribution in [0.4, 0.5) is 13.2 Å². The zero-order chi connectivity index (χ0) is 24.2. The van der Waals surface area contributed by atoms with Gasteiger partial charge >= 0.3 is 12.1 Å². The number of ether oxygens (including phenoxy) is 2. The van der Waals surface area contributed by atoms with Gasteiger partial charge in [0, 0.05) is 24.2 Å². The van der Waals surface area contributed by atoms with Crippen molar-refractivity contribution in [1.29, 1.82) is 0 Å². The zero-order valence-corrected chi connectivity index (χ0v) is 18.2. The first kappa shape index (κ1) is 24.3. The van der Waals surface area contributed by atoms with Crippen LogP contribution in [0.1, 0.15) is 46.0 Å². The molecule has 176 valence electrons. The summed E-state index contributed by atoms with van der Waals surface area (Å²) >= 11 is 0. The summed E-state index contributed by atoms with van der Waals surface area (Å²) in [4.78, 5) is 39.1. The van der Waals surface area contributed by atoms with Crippen LogP contribution in [0.2, 0.25) is 0 Å². The average Bonchev–Trinajstić information content (AvgIpc) is 2.82. The Kier molecular flexibility index (Phi) is 7.40. The lowest BCUT2D eigenvalue weighted by Gasteiger charge is -2.31. The summed E-state index contributed by atoms with van der Waals surface area (Å²) in [5, 5.41) is 0. The number of alkyl halides is 3. The predicted octanol–water partition coefficient (Wildman–Crippen LogP) is 4.38. The van der Waals surface area contributed by atoms with E-state index in [1.54, 1.807) is 24.3 Å². The van der Waals surface area contributed by atoms with Crippen molar-refractivity contribution < 1.29 is 37.0 Å². The van der Waals surface area contributed by atoms with Crippen molar-refractivity contribution in [2.45, 2.75) is 32.0 Å². The topological polar surface area (TPSA) is 72.9 Å². The lowest BCUT2D eigenvalue weighted by molar-refractivity contribution is -0.152. The van der Waals surface area contributed by atoms with E-state index in [0.29, 0.717) is 24.2 Å². The number of rotatable bonds is 6. The summed E-state index contributed by atoms with van der Waals surface area (Å²) in [5.74, 6) is -1.09. The molecule has 1 saturated heterocycles. The molecule has 1 heterocycles. The molecule has 33 heavy (non-hydrogen) atoms. The number of carbonyl (C=O) groups excluding carboxylic acids is 3. The summed E-state index contributed by atoms with van der Waals surface area (Å²) in [6.45, 7) is 2.04.